The molecule has 126 valence electrons. The fourth-order valence-electron chi connectivity index (χ4n) is 2.78. The summed E-state index contributed by atoms with van der Waals surface area (Å²) in [5, 5.41) is 7.13. The van der Waals surface area contributed by atoms with Gasteiger partial charge in [-0.05, 0) is 18.1 Å². The van der Waals surface area contributed by atoms with Gasteiger partial charge in [0.15, 0.2) is 0 Å². The lowest BCUT2D eigenvalue weighted by molar-refractivity contribution is -0.129. The molecule has 0 fully saturated rings. The van der Waals surface area contributed by atoms with E-state index in [1.807, 2.05) is 0 Å². The third-order valence-electron chi connectivity index (χ3n) is 4.03. The second kappa shape index (κ2) is 6.08. The number of hydrogen-bond donors (Lipinski definition) is 2. The number of aromatic nitrogens is 2. The second-order valence-electron chi connectivity index (χ2n) is 5.56. The number of carbonyl (C=O) groups excluding carboxylic acids is 3. The van der Waals surface area contributed by atoms with Crippen LogP contribution in [0.25, 0.3) is 0 Å². The van der Waals surface area contributed by atoms with Crippen molar-refractivity contribution in [3.8, 4) is 0 Å². The van der Waals surface area contributed by atoms with Gasteiger partial charge in [0.25, 0.3) is 11.8 Å². The lowest BCUT2D eigenvalue weighted by atomic mass is 10.0. The van der Waals surface area contributed by atoms with Crippen molar-refractivity contribution >= 4 is 34.1 Å². The van der Waals surface area contributed by atoms with Gasteiger partial charge in [-0.2, -0.15) is 5.10 Å². The molecule has 0 unspecified atom stereocenters. The van der Waals surface area contributed by atoms with Gasteiger partial charge in [0, 0.05) is 31.6 Å². The molecule has 0 aliphatic carbocycles. The van der Waals surface area contributed by atoms with E-state index in [4.69, 9.17) is 5.73 Å². The Morgan fingerprint density at radius 1 is 1.38 bits per heavy atom. The molecule has 0 radical (unpaired) electrons. The summed E-state index contributed by atoms with van der Waals surface area (Å²) in [6.07, 6.45) is 2.07. The molecule has 3 rings (SSSR count). The summed E-state index contributed by atoms with van der Waals surface area (Å²) < 4.78 is 1.45. The monoisotopic (exact) mass is 347 g/mol. The molecule has 1 aliphatic rings. The topological polar surface area (TPSA) is 110 Å². The van der Waals surface area contributed by atoms with Crippen LogP contribution >= 0.6 is 11.3 Å². The maximum Gasteiger partial charge on any atom is 0.274 e. The molecule has 2 aromatic heterocycles. The SMILES string of the molecule is CC(=O)N1CCc2c(sc(NC(=O)c3ccnn3C)c2C(N)=O)C1. The van der Waals surface area contributed by atoms with Crippen LogP contribution in [0.4, 0.5) is 5.00 Å². The van der Waals surface area contributed by atoms with Crippen LogP contribution in [-0.2, 0) is 24.8 Å². The lowest BCUT2D eigenvalue weighted by Crippen LogP contribution is -2.34. The van der Waals surface area contributed by atoms with Crippen molar-refractivity contribution in [1.29, 1.82) is 0 Å². The molecule has 3 amide bonds. The molecule has 0 saturated carbocycles. The minimum absolute atomic E-state index is 0.0184. The Balaban J connectivity index is 1.94. The number of hydrogen-bond acceptors (Lipinski definition) is 5. The summed E-state index contributed by atoms with van der Waals surface area (Å²) in [6.45, 7) is 2.48. The first-order chi connectivity index (χ1) is 11.4. The van der Waals surface area contributed by atoms with Crippen molar-refractivity contribution in [3.63, 3.8) is 0 Å². The van der Waals surface area contributed by atoms with E-state index >= 15 is 0 Å². The number of fused-ring (bicyclic) bond motifs is 1. The average Bonchev–Trinajstić information content (AvgIpc) is 3.09. The fourth-order valence-corrected chi connectivity index (χ4v) is 4.05. The van der Waals surface area contributed by atoms with Crippen LogP contribution in [0.15, 0.2) is 12.3 Å². The van der Waals surface area contributed by atoms with Crippen molar-refractivity contribution in [1.82, 2.24) is 14.7 Å². The highest BCUT2D eigenvalue weighted by atomic mass is 32.1. The molecular formula is C15H17N5O3S. The number of thiophene rings is 1. The van der Waals surface area contributed by atoms with Crippen molar-refractivity contribution < 1.29 is 14.4 Å². The largest absolute Gasteiger partial charge is 0.365 e. The number of rotatable bonds is 3. The third kappa shape index (κ3) is 2.78. The predicted molar refractivity (Wildman–Crippen MR) is 88.8 cm³/mol. The quantitative estimate of drug-likeness (QED) is 0.853. The molecule has 3 heterocycles. The Labute approximate surface area is 142 Å². The van der Waals surface area contributed by atoms with Crippen LogP contribution in [0.1, 0.15) is 38.2 Å². The van der Waals surface area contributed by atoms with Gasteiger partial charge in [0.2, 0.25) is 5.91 Å². The minimum atomic E-state index is -0.580. The summed E-state index contributed by atoms with van der Waals surface area (Å²) in [5.41, 5.74) is 7.06. The number of anilines is 1. The molecule has 0 aromatic carbocycles. The van der Waals surface area contributed by atoms with Gasteiger partial charge in [0.1, 0.15) is 10.7 Å². The third-order valence-corrected chi connectivity index (χ3v) is 5.16. The van der Waals surface area contributed by atoms with E-state index in [1.54, 1.807) is 18.0 Å². The van der Waals surface area contributed by atoms with Crippen molar-refractivity contribution in [2.75, 3.05) is 11.9 Å². The number of nitrogens with one attached hydrogen (secondary N) is 1. The molecule has 1 aliphatic heterocycles. The van der Waals surface area contributed by atoms with Gasteiger partial charge in [-0.1, -0.05) is 0 Å². The van der Waals surface area contributed by atoms with Gasteiger partial charge in [-0.25, -0.2) is 0 Å². The highest BCUT2D eigenvalue weighted by Crippen LogP contribution is 2.37. The highest BCUT2D eigenvalue weighted by molar-refractivity contribution is 7.17. The van der Waals surface area contributed by atoms with E-state index in [9.17, 15) is 14.4 Å². The van der Waals surface area contributed by atoms with Gasteiger partial charge in [-0.15, -0.1) is 11.3 Å². The van der Waals surface area contributed by atoms with E-state index in [0.717, 1.165) is 10.4 Å². The number of primary amides is 1. The normalized spacial score (nSPS) is 13.5. The van der Waals surface area contributed by atoms with Crippen LogP contribution in [-0.4, -0.2) is 38.9 Å². The van der Waals surface area contributed by atoms with Gasteiger partial charge in [-0.3, -0.25) is 19.1 Å². The summed E-state index contributed by atoms with van der Waals surface area (Å²) in [7, 11) is 1.66. The summed E-state index contributed by atoms with van der Waals surface area (Å²) in [4.78, 5) is 38.4. The van der Waals surface area contributed by atoms with Crippen LogP contribution in [0.2, 0.25) is 0 Å². The molecule has 8 nitrogen and oxygen atoms in total. The van der Waals surface area contributed by atoms with Gasteiger partial charge in [0.05, 0.1) is 12.1 Å². The van der Waals surface area contributed by atoms with Crippen molar-refractivity contribution in [2.45, 2.75) is 19.9 Å². The number of amides is 3. The Kier molecular flexibility index (Phi) is 4.10. The Morgan fingerprint density at radius 3 is 2.71 bits per heavy atom. The molecule has 9 heteroatoms. The smallest absolute Gasteiger partial charge is 0.274 e. The summed E-state index contributed by atoms with van der Waals surface area (Å²) >= 11 is 1.29. The number of nitrogens with two attached hydrogens (primary N) is 1. The molecule has 3 N–H and O–H groups in total. The first-order valence-electron chi connectivity index (χ1n) is 7.37. The molecule has 0 saturated heterocycles. The first kappa shape index (κ1) is 16.2. The van der Waals surface area contributed by atoms with Crippen LogP contribution in [0.3, 0.4) is 0 Å². The Morgan fingerprint density at radius 2 is 2.12 bits per heavy atom. The van der Waals surface area contributed by atoms with E-state index < -0.39 is 5.91 Å². The fraction of sp³-hybridized carbons (Fsp3) is 0.333. The predicted octanol–water partition coefficient (Wildman–Crippen LogP) is 0.737. The van der Waals surface area contributed by atoms with Crippen molar-refractivity contribution in [2.24, 2.45) is 12.8 Å². The van der Waals surface area contributed by atoms with Crippen LogP contribution in [0, 0.1) is 0 Å². The maximum absolute atomic E-state index is 12.4. The molecular weight excluding hydrogens is 330 g/mol. The second-order valence-corrected chi connectivity index (χ2v) is 6.66. The van der Waals surface area contributed by atoms with Gasteiger partial charge < -0.3 is 16.0 Å². The molecule has 0 atom stereocenters. The van der Waals surface area contributed by atoms with Crippen LogP contribution < -0.4 is 11.1 Å². The maximum atomic E-state index is 12.4. The molecule has 0 spiro atoms. The Bertz CT molecular complexity index is 838. The van der Waals surface area contributed by atoms with E-state index in [2.05, 4.69) is 10.4 Å². The standard InChI is InChI=1S/C15H17N5O3S/c1-8(21)20-6-4-9-11(7-20)24-15(12(9)13(16)22)18-14(23)10-3-5-17-19(10)2/h3,5H,4,6-7H2,1-2H3,(H2,16,22)(H,18,23). The summed E-state index contributed by atoms with van der Waals surface area (Å²) in [5.74, 6) is -0.959. The first-order valence-corrected chi connectivity index (χ1v) is 8.19. The lowest BCUT2D eigenvalue weighted by Gasteiger charge is -2.25. The highest BCUT2D eigenvalue weighted by Gasteiger charge is 2.28. The van der Waals surface area contributed by atoms with E-state index in [0.29, 0.717) is 35.8 Å². The van der Waals surface area contributed by atoms with E-state index in [-0.39, 0.29) is 11.8 Å². The zero-order valence-corrected chi connectivity index (χ0v) is 14.1. The zero-order chi connectivity index (χ0) is 17.4. The molecule has 24 heavy (non-hydrogen) atoms. The van der Waals surface area contributed by atoms with Crippen LogP contribution in [0.5, 0.6) is 0 Å². The number of carbonyl (C=O) groups is 3. The van der Waals surface area contributed by atoms with Crippen molar-refractivity contribution in [3.05, 3.63) is 34.0 Å². The molecule has 0 bridgehead atoms. The minimum Gasteiger partial charge on any atom is -0.365 e. The number of aryl methyl sites for hydroxylation is 1. The number of nitrogens with zero attached hydrogens (tertiary/aromatic N) is 3. The van der Waals surface area contributed by atoms with E-state index in [1.165, 1.54) is 29.1 Å². The average molecular weight is 347 g/mol. The zero-order valence-electron chi connectivity index (χ0n) is 13.3. The van der Waals surface area contributed by atoms with Gasteiger partial charge >= 0.3 is 0 Å². The summed E-state index contributed by atoms with van der Waals surface area (Å²) in [6, 6.07) is 1.59. The molecule has 2 aromatic rings. The Hall–Kier alpha value is -2.68.